The van der Waals surface area contributed by atoms with Crippen molar-refractivity contribution in [1.82, 2.24) is 0 Å². The molecule has 264 valence electrons. The van der Waals surface area contributed by atoms with Crippen LogP contribution in [0.25, 0.3) is 0 Å². The first kappa shape index (κ1) is 43.4. The topological polar surface area (TPSA) is 55.8 Å². The number of rotatable bonds is 38. The van der Waals surface area contributed by atoms with E-state index in [1.165, 1.54) is 186 Å². The quantitative estimate of drug-likeness (QED) is 0.0548. The highest BCUT2D eigenvalue weighted by molar-refractivity contribution is 5.69. The summed E-state index contributed by atoms with van der Waals surface area (Å²) in [5, 5.41) is 9.56. The molecule has 0 aliphatic rings. The summed E-state index contributed by atoms with van der Waals surface area (Å²) in [5.74, 6) is -0.197. The number of carbonyl (C=O) groups is 1. The normalized spacial score (nSPS) is 12.2. The highest BCUT2D eigenvalue weighted by atomic mass is 16.6. The molecule has 0 spiro atoms. The van der Waals surface area contributed by atoms with Crippen molar-refractivity contribution in [3.63, 3.8) is 0 Å². The average molecular weight is 625 g/mol. The van der Waals surface area contributed by atoms with E-state index in [0.29, 0.717) is 19.6 Å². The number of esters is 1. The van der Waals surface area contributed by atoms with Crippen molar-refractivity contribution in [2.24, 2.45) is 0 Å². The van der Waals surface area contributed by atoms with Crippen LogP contribution in [0.1, 0.15) is 226 Å². The molecule has 0 aromatic carbocycles. The van der Waals surface area contributed by atoms with Crippen molar-refractivity contribution in [2.75, 3.05) is 19.8 Å². The molecule has 1 N–H and O–H groups in total. The van der Waals surface area contributed by atoms with Crippen LogP contribution in [0.3, 0.4) is 0 Å². The standard InChI is InChI=1S/C40H80O4/c1-3-5-7-9-11-13-15-16-17-18-19-20-21-22-23-24-26-28-30-32-34-36-43-38-39(37-41)44-40(42)35-33-31-29-27-25-14-12-10-8-6-4-2/h39,41H,3-38H2,1-2H3. The molecule has 0 saturated carbocycles. The maximum Gasteiger partial charge on any atom is 0.306 e. The van der Waals surface area contributed by atoms with Crippen LogP contribution >= 0.6 is 0 Å². The highest BCUT2D eigenvalue weighted by Crippen LogP contribution is 2.16. The van der Waals surface area contributed by atoms with Gasteiger partial charge in [-0.1, -0.05) is 206 Å². The van der Waals surface area contributed by atoms with Crippen LogP contribution in [0.5, 0.6) is 0 Å². The minimum absolute atomic E-state index is 0.163. The molecule has 0 amide bonds. The Kier molecular flexibility index (Phi) is 38.0. The largest absolute Gasteiger partial charge is 0.457 e. The third kappa shape index (κ3) is 35.9. The van der Waals surface area contributed by atoms with Crippen molar-refractivity contribution in [2.45, 2.75) is 232 Å². The first-order valence-electron chi connectivity index (χ1n) is 20.1. The van der Waals surface area contributed by atoms with E-state index in [2.05, 4.69) is 13.8 Å². The summed E-state index contributed by atoms with van der Waals surface area (Å²) in [5.41, 5.74) is 0. The molecule has 0 aliphatic heterocycles. The zero-order chi connectivity index (χ0) is 32.0. The molecule has 1 atom stereocenters. The van der Waals surface area contributed by atoms with E-state index in [0.717, 1.165) is 19.3 Å². The van der Waals surface area contributed by atoms with Gasteiger partial charge in [-0.2, -0.15) is 0 Å². The zero-order valence-corrected chi connectivity index (χ0v) is 30.2. The fourth-order valence-electron chi connectivity index (χ4n) is 6.15. The Hall–Kier alpha value is -0.610. The monoisotopic (exact) mass is 625 g/mol. The number of hydrogen-bond acceptors (Lipinski definition) is 4. The van der Waals surface area contributed by atoms with Gasteiger partial charge in [-0.25, -0.2) is 0 Å². The van der Waals surface area contributed by atoms with Crippen LogP contribution in [0.4, 0.5) is 0 Å². The molecule has 0 saturated heterocycles. The molecule has 0 aliphatic carbocycles. The zero-order valence-electron chi connectivity index (χ0n) is 30.2. The lowest BCUT2D eigenvalue weighted by Gasteiger charge is -2.16. The Morgan fingerprint density at radius 3 is 1.07 bits per heavy atom. The first-order valence-corrected chi connectivity index (χ1v) is 20.1. The van der Waals surface area contributed by atoms with E-state index in [-0.39, 0.29) is 12.6 Å². The summed E-state index contributed by atoms with van der Waals surface area (Å²) in [6.45, 7) is 5.38. The van der Waals surface area contributed by atoms with E-state index < -0.39 is 6.10 Å². The second kappa shape index (κ2) is 38.6. The van der Waals surface area contributed by atoms with Crippen molar-refractivity contribution < 1.29 is 19.4 Å². The lowest BCUT2D eigenvalue weighted by molar-refractivity contribution is -0.154. The Morgan fingerprint density at radius 1 is 0.455 bits per heavy atom. The molecular weight excluding hydrogens is 544 g/mol. The van der Waals surface area contributed by atoms with Crippen LogP contribution in [0, 0.1) is 0 Å². The van der Waals surface area contributed by atoms with Crippen LogP contribution in [-0.4, -0.2) is 37.0 Å². The second-order valence-electron chi connectivity index (χ2n) is 13.7. The lowest BCUT2D eigenvalue weighted by atomic mass is 10.0. The van der Waals surface area contributed by atoms with Gasteiger partial charge in [0.2, 0.25) is 0 Å². The number of ether oxygens (including phenoxy) is 2. The van der Waals surface area contributed by atoms with Crippen molar-refractivity contribution in [1.29, 1.82) is 0 Å². The smallest absolute Gasteiger partial charge is 0.306 e. The van der Waals surface area contributed by atoms with Gasteiger partial charge in [-0.05, 0) is 12.8 Å². The van der Waals surface area contributed by atoms with E-state index in [4.69, 9.17) is 9.47 Å². The third-order valence-corrected chi connectivity index (χ3v) is 9.18. The first-order chi connectivity index (χ1) is 21.7. The summed E-state index contributed by atoms with van der Waals surface area (Å²) < 4.78 is 11.1. The summed E-state index contributed by atoms with van der Waals surface area (Å²) >= 11 is 0. The predicted molar refractivity (Wildman–Crippen MR) is 191 cm³/mol. The van der Waals surface area contributed by atoms with Crippen LogP contribution in [0.15, 0.2) is 0 Å². The predicted octanol–water partition coefficient (Wildman–Crippen LogP) is 12.8. The van der Waals surface area contributed by atoms with Crippen LogP contribution in [-0.2, 0) is 14.3 Å². The molecule has 0 aromatic heterocycles. The Morgan fingerprint density at radius 2 is 0.750 bits per heavy atom. The molecule has 0 rings (SSSR count). The molecule has 0 bridgehead atoms. The van der Waals surface area contributed by atoms with Gasteiger partial charge >= 0.3 is 5.97 Å². The second-order valence-corrected chi connectivity index (χ2v) is 13.7. The van der Waals surface area contributed by atoms with Crippen molar-refractivity contribution in [3.05, 3.63) is 0 Å². The molecule has 44 heavy (non-hydrogen) atoms. The molecule has 0 aromatic rings. The maximum absolute atomic E-state index is 12.1. The number of aliphatic hydroxyl groups excluding tert-OH is 1. The third-order valence-electron chi connectivity index (χ3n) is 9.18. The maximum atomic E-state index is 12.1. The average Bonchev–Trinajstić information content (AvgIpc) is 3.03. The summed E-state index contributed by atoms with van der Waals surface area (Å²) in [6.07, 6.45) is 43.0. The molecule has 4 nitrogen and oxygen atoms in total. The summed E-state index contributed by atoms with van der Waals surface area (Å²) in [7, 11) is 0. The minimum atomic E-state index is -0.523. The number of hydrogen-bond donors (Lipinski definition) is 1. The lowest BCUT2D eigenvalue weighted by Crippen LogP contribution is -2.27. The van der Waals surface area contributed by atoms with Gasteiger partial charge in [-0.3, -0.25) is 4.79 Å². The molecule has 0 heterocycles. The Balaban J connectivity index is 3.33. The van der Waals surface area contributed by atoms with Gasteiger partial charge in [0.1, 0.15) is 6.10 Å². The van der Waals surface area contributed by atoms with Gasteiger partial charge in [0.05, 0.1) is 13.2 Å². The summed E-state index contributed by atoms with van der Waals surface area (Å²) in [4.78, 5) is 12.1. The molecule has 1 unspecified atom stereocenters. The van der Waals surface area contributed by atoms with E-state index >= 15 is 0 Å². The fourth-order valence-corrected chi connectivity index (χ4v) is 6.15. The number of unbranched alkanes of at least 4 members (excludes halogenated alkanes) is 30. The molecule has 0 fully saturated rings. The number of carbonyl (C=O) groups excluding carboxylic acids is 1. The van der Waals surface area contributed by atoms with Gasteiger partial charge in [0.15, 0.2) is 0 Å². The van der Waals surface area contributed by atoms with Crippen molar-refractivity contribution >= 4 is 5.97 Å². The Labute approximate surface area is 276 Å². The van der Waals surface area contributed by atoms with E-state index in [1.807, 2.05) is 0 Å². The fraction of sp³-hybridized carbons (Fsp3) is 0.975. The molecule has 0 radical (unpaired) electrons. The van der Waals surface area contributed by atoms with Crippen LogP contribution < -0.4 is 0 Å². The van der Waals surface area contributed by atoms with E-state index in [9.17, 15) is 9.90 Å². The molecular formula is C40H80O4. The van der Waals surface area contributed by atoms with Gasteiger partial charge in [-0.15, -0.1) is 0 Å². The SMILES string of the molecule is CCCCCCCCCCCCCCCCCCCCCCCOCC(CO)OC(=O)CCCCCCCCCCCCC. The minimum Gasteiger partial charge on any atom is -0.457 e. The van der Waals surface area contributed by atoms with Gasteiger partial charge < -0.3 is 14.6 Å². The highest BCUT2D eigenvalue weighted by Gasteiger charge is 2.13. The van der Waals surface area contributed by atoms with Gasteiger partial charge in [0, 0.05) is 13.0 Å². The van der Waals surface area contributed by atoms with Gasteiger partial charge in [0.25, 0.3) is 0 Å². The number of aliphatic hydroxyl groups is 1. The summed E-state index contributed by atoms with van der Waals surface area (Å²) in [6, 6.07) is 0. The Bertz CT molecular complexity index is 537. The van der Waals surface area contributed by atoms with Crippen LogP contribution in [0.2, 0.25) is 0 Å². The van der Waals surface area contributed by atoms with Crippen molar-refractivity contribution in [3.8, 4) is 0 Å². The molecule has 4 heteroatoms. The van der Waals surface area contributed by atoms with E-state index in [1.54, 1.807) is 0 Å².